The Kier molecular flexibility index (Phi) is 22.5. The Morgan fingerprint density at radius 1 is 1.23 bits per heavy atom. The molecule has 0 bridgehead atoms. The zero-order valence-electron chi connectivity index (χ0n) is 7.47. The maximum atomic E-state index is 9.79. The van der Waals surface area contributed by atoms with Gasteiger partial charge >= 0.3 is 59.1 Å². The first kappa shape index (κ1) is 24.3. The van der Waals surface area contributed by atoms with Gasteiger partial charge in [0, 0.05) is 0 Å². The Morgan fingerprint density at radius 3 is 1.62 bits per heavy atom. The average molecular weight is 234 g/mol. The van der Waals surface area contributed by atoms with Crippen LogP contribution >= 0.6 is 7.82 Å². The van der Waals surface area contributed by atoms with Crippen molar-refractivity contribution < 1.29 is 93.7 Å². The van der Waals surface area contributed by atoms with E-state index in [2.05, 4.69) is 4.52 Å². The molecule has 0 heterocycles. The Bertz CT molecular complexity index is 134. The van der Waals surface area contributed by atoms with E-state index in [1.54, 1.807) is 0 Å². The summed E-state index contributed by atoms with van der Waals surface area (Å²) < 4.78 is 13.5. The molecule has 70 valence electrons. The molecular formula is C3H9Na2O7P. The molecule has 10 heteroatoms. The third-order valence-electron chi connectivity index (χ3n) is 0.685. The van der Waals surface area contributed by atoms with Crippen molar-refractivity contribution in [1.82, 2.24) is 0 Å². The van der Waals surface area contributed by atoms with Gasteiger partial charge in [0.15, 0.2) is 0 Å². The normalized spacial score (nSPS) is 9.62. The van der Waals surface area contributed by atoms with Crippen LogP contribution in [0.1, 0.15) is 0 Å². The van der Waals surface area contributed by atoms with Gasteiger partial charge in [-0.25, -0.2) is 0 Å². The van der Waals surface area contributed by atoms with E-state index in [0.717, 1.165) is 0 Å². The van der Waals surface area contributed by atoms with E-state index in [4.69, 9.17) is 10.2 Å². The van der Waals surface area contributed by atoms with E-state index in [1.807, 2.05) is 0 Å². The fourth-order valence-corrected chi connectivity index (χ4v) is 0.805. The van der Waals surface area contributed by atoms with Crippen molar-refractivity contribution in [3.8, 4) is 0 Å². The molecule has 0 spiro atoms. The first-order valence-corrected chi connectivity index (χ1v) is 3.88. The van der Waals surface area contributed by atoms with Gasteiger partial charge in [0.2, 0.25) is 0 Å². The molecule has 13 heavy (non-hydrogen) atoms. The van der Waals surface area contributed by atoms with Crippen LogP contribution in [0.3, 0.4) is 0 Å². The number of phosphoric ester groups is 1. The molecule has 0 rings (SSSR count). The molecule has 0 radical (unpaired) electrons. The monoisotopic (exact) mass is 234 g/mol. The SMILES string of the molecule is O.O=P([O-])([O-])OC(CO)CO.[Na+].[Na+]. The van der Waals surface area contributed by atoms with Crippen molar-refractivity contribution >= 4 is 7.82 Å². The first-order chi connectivity index (χ1) is 4.49. The Balaban J connectivity index is -0.000000135. The molecule has 0 atom stereocenters. The molecule has 0 aromatic carbocycles. The number of rotatable bonds is 4. The van der Waals surface area contributed by atoms with Crippen molar-refractivity contribution in [2.24, 2.45) is 0 Å². The molecule has 4 N–H and O–H groups in total. The third kappa shape index (κ3) is 16.7. The molecule has 0 fully saturated rings. The summed E-state index contributed by atoms with van der Waals surface area (Å²) >= 11 is 0. The quantitative estimate of drug-likeness (QED) is 0.365. The van der Waals surface area contributed by atoms with Gasteiger partial charge in [-0.05, 0) is 0 Å². The zero-order chi connectivity index (χ0) is 8.20. The van der Waals surface area contributed by atoms with Gasteiger partial charge in [0.1, 0.15) is 6.10 Å². The van der Waals surface area contributed by atoms with E-state index in [1.165, 1.54) is 0 Å². The van der Waals surface area contributed by atoms with E-state index < -0.39 is 27.1 Å². The molecule has 0 aliphatic heterocycles. The van der Waals surface area contributed by atoms with Gasteiger partial charge in [0.05, 0.1) is 21.0 Å². The largest absolute Gasteiger partial charge is 1.00 e. The molecule has 0 saturated carbocycles. The third-order valence-corrected chi connectivity index (χ3v) is 1.24. The minimum Gasteiger partial charge on any atom is -0.790 e. The van der Waals surface area contributed by atoms with Crippen LogP contribution in [0.15, 0.2) is 0 Å². The van der Waals surface area contributed by atoms with Crippen LogP contribution in [0.5, 0.6) is 0 Å². The molecule has 0 aliphatic carbocycles. The molecule has 0 amide bonds. The maximum Gasteiger partial charge on any atom is 1.00 e. The summed E-state index contributed by atoms with van der Waals surface area (Å²) in [5.41, 5.74) is 0. The molecule has 7 nitrogen and oxygen atoms in total. The second-order valence-electron chi connectivity index (χ2n) is 1.54. The average Bonchev–Trinajstić information content (AvgIpc) is 1.81. The van der Waals surface area contributed by atoms with Crippen LogP contribution in [0.25, 0.3) is 0 Å². The van der Waals surface area contributed by atoms with Crippen LogP contribution in [0.4, 0.5) is 0 Å². The van der Waals surface area contributed by atoms with Crippen LogP contribution in [0, 0.1) is 0 Å². The fourth-order valence-electron chi connectivity index (χ4n) is 0.307. The number of phosphoric acid groups is 1. The summed E-state index contributed by atoms with van der Waals surface area (Å²) in [6.45, 7) is -1.41. The molecule has 0 aromatic rings. The first-order valence-electron chi connectivity index (χ1n) is 2.41. The Labute approximate surface area is 120 Å². The number of aliphatic hydroxyl groups excluding tert-OH is 2. The summed E-state index contributed by atoms with van der Waals surface area (Å²) in [5, 5.41) is 16.4. The smallest absolute Gasteiger partial charge is 0.790 e. The van der Waals surface area contributed by atoms with Gasteiger partial charge in [-0.3, -0.25) is 0 Å². The standard InChI is InChI=1S/C3H9O6P.2Na.H2O/c4-1-3(2-5)9-10(6,7)8;;;/h3-5H,1-2H2,(H2,6,7,8);;;1H2/q;2*+1;/p-2. The summed E-state index contributed by atoms with van der Waals surface area (Å²) in [6, 6.07) is 0. The Morgan fingerprint density at radius 2 is 1.54 bits per heavy atom. The van der Waals surface area contributed by atoms with Gasteiger partial charge < -0.3 is 34.6 Å². The number of hydrogen-bond donors (Lipinski definition) is 2. The van der Waals surface area contributed by atoms with E-state index in [-0.39, 0.29) is 64.6 Å². The van der Waals surface area contributed by atoms with Crippen LogP contribution in [0.2, 0.25) is 0 Å². The number of hydrogen-bond acceptors (Lipinski definition) is 6. The van der Waals surface area contributed by atoms with Crippen LogP contribution in [-0.2, 0) is 9.09 Å². The van der Waals surface area contributed by atoms with Crippen molar-refractivity contribution in [2.75, 3.05) is 13.2 Å². The van der Waals surface area contributed by atoms with Crippen LogP contribution < -0.4 is 68.9 Å². The minimum absolute atomic E-state index is 0. The second-order valence-corrected chi connectivity index (χ2v) is 2.65. The second kappa shape index (κ2) is 12.1. The predicted molar refractivity (Wildman–Crippen MR) is 30.3 cm³/mol. The summed E-state index contributed by atoms with van der Waals surface area (Å²) in [6.07, 6.45) is -1.33. The van der Waals surface area contributed by atoms with Gasteiger partial charge in [-0.2, -0.15) is 0 Å². The van der Waals surface area contributed by atoms with E-state index >= 15 is 0 Å². The molecule has 0 aliphatic rings. The van der Waals surface area contributed by atoms with Gasteiger partial charge in [0.25, 0.3) is 0 Å². The predicted octanol–water partition coefficient (Wildman–Crippen LogP) is -9.63. The van der Waals surface area contributed by atoms with Crippen molar-refractivity contribution in [3.63, 3.8) is 0 Å². The molecule has 0 aromatic heterocycles. The van der Waals surface area contributed by atoms with Crippen molar-refractivity contribution in [2.45, 2.75) is 6.10 Å². The van der Waals surface area contributed by atoms with Gasteiger partial charge in [-0.1, -0.05) is 0 Å². The minimum atomic E-state index is -5.07. The van der Waals surface area contributed by atoms with E-state index in [9.17, 15) is 14.4 Å². The van der Waals surface area contributed by atoms with Crippen LogP contribution in [-0.4, -0.2) is 35.0 Å². The summed E-state index contributed by atoms with van der Waals surface area (Å²) in [7, 11) is -5.07. The summed E-state index contributed by atoms with van der Waals surface area (Å²) in [4.78, 5) is 19.6. The molecular weight excluding hydrogens is 225 g/mol. The number of aliphatic hydroxyl groups is 2. The molecule has 0 unspecified atom stereocenters. The van der Waals surface area contributed by atoms with E-state index in [0.29, 0.717) is 0 Å². The Hall–Kier alpha value is 1.99. The summed E-state index contributed by atoms with van der Waals surface area (Å²) in [5.74, 6) is 0. The maximum absolute atomic E-state index is 9.79. The topological polar surface area (TPSA) is 144 Å². The van der Waals surface area contributed by atoms with Gasteiger partial charge in [-0.15, -0.1) is 0 Å². The van der Waals surface area contributed by atoms with Crippen molar-refractivity contribution in [3.05, 3.63) is 0 Å². The molecule has 0 saturated heterocycles. The zero-order valence-corrected chi connectivity index (χ0v) is 12.4. The van der Waals surface area contributed by atoms with Crippen molar-refractivity contribution in [1.29, 1.82) is 0 Å². The fraction of sp³-hybridized carbons (Fsp3) is 1.00.